The van der Waals surface area contributed by atoms with Crippen LogP contribution in [0.4, 0.5) is 11.4 Å². The molecule has 1 fully saturated rings. The molecule has 110 valence electrons. The normalized spacial score (nSPS) is 15.9. The van der Waals surface area contributed by atoms with Gasteiger partial charge in [-0.1, -0.05) is 0 Å². The van der Waals surface area contributed by atoms with E-state index in [-0.39, 0.29) is 0 Å². The van der Waals surface area contributed by atoms with Gasteiger partial charge in [-0.15, -0.1) is 0 Å². The molecular formula is C15H22N2O3. The predicted molar refractivity (Wildman–Crippen MR) is 79.0 cm³/mol. The van der Waals surface area contributed by atoms with E-state index in [9.17, 15) is 4.79 Å². The number of anilines is 2. The van der Waals surface area contributed by atoms with Crippen molar-refractivity contribution < 1.29 is 14.3 Å². The number of hydrogen-bond donors (Lipinski definition) is 2. The molecule has 0 bridgehead atoms. The molecule has 20 heavy (non-hydrogen) atoms. The molecule has 5 nitrogen and oxygen atoms in total. The Labute approximate surface area is 119 Å². The zero-order chi connectivity index (χ0) is 14.5. The number of benzene rings is 1. The van der Waals surface area contributed by atoms with Gasteiger partial charge in [0.15, 0.2) is 0 Å². The minimum atomic E-state index is -0.402. The maximum Gasteiger partial charge on any atom is 0.340 e. The van der Waals surface area contributed by atoms with Crippen LogP contribution in [0.5, 0.6) is 0 Å². The van der Waals surface area contributed by atoms with E-state index in [4.69, 9.17) is 15.2 Å². The Morgan fingerprint density at radius 2 is 2.15 bits per heavy atom. The summed E-state index contributed by atoms with van der Waals surface area (Å²) in [7, 11) is 1.36. The van der Waals surface area contributed by atoms with Gasteiger partial charge in [-0.3, -0.25) is 0 Å². The molecule has 0 amide bonds. The van der Waals surface area contributed by atoms with Crippen LogP contribution in [-0.2, 0) is 9.47 Å². The van der Waals surface area contributed by atoms with Crippen LogP contribution >= 0.6 is 0 Å². The smallest absolute Gasteiger partial charge is 0.340 e. The van der Waals surface area contributed by atoms with E-state index in [2.05, 4.69) is 5.32 Å². The Kier molecular flexibility index (Phi) is 4.84. The molecule has 5 heteroatoms. The Bertz CT molecular complexity index is 482. The average molecular weight is 278 g/mol. The molecular weight excluding hydrogens is 256 g/mol. The maximum atomic E-state index is 11.7. The lowest BCUT2D eigenvalue weighted by Crippen LogP contribution is -2.22. The van der Waals surface area contributed by atoms with Crippen LogP contribution in [0.25, 0.3) is 0 Å². The van der Waals surface area contributed by atoms with Crippen molar-refractivity contribution in [1.82, 2.24) is 0 Å². The Morgan fingerprint density at radius 1 is 1.45 bits per heavy atom. The van der Waals surface area contributed by atoms with Gasteiger partial charge in [-0.2, -0.15) is 0 Å². The van der Waals surface area contributed by atoms with Crippen LogP contribution < -0.4 is 11.1 Å². The molecule has 0 unspecified atom stereocenters. The number of esters is 1. The molecule has 1 aromatic carbocycles. The summed E-state index contributed by atoms with van der Waals surface area (Å²) in [6.07, 6.45) is 2.15. The second kappa shape index (κ2) is 6.61. The van der Waals surface area contributed by atoms with Gasteiger partial charge >= 0.3 is 5.97 Å². The number of nitrogens with two attached hydrogens (primary N) is 1. The van der Waals surface area contributed by atoms with Crippen LogP contribution in [0.1, 0.15) is 28.8 Å². The molecule has 0 spiro atoms. The monoisotopic (exact) mass is 278 g/mol. The number of nitrogen functional groups attached to an aromatic ring is 1. The maximum absolute atomic E-state index is 11.7. The van der Waals surface area contributed by atoms with Gasteiger partial charge in [0.05, 0.1) is 12.7 Å². The van der Waals surface area contributed by atoms with Crippen molar-refractivity contribution >= 4 is 17.3 Å². The van der Waals surface area contributed by atoms with Crippen molar-refractivity contribution in [1.29, 1.82) is 0 Å². The molecule has 1 aromatic rings. The van der Waals surface area contributed by atoms with Crippen LogP contribution in [-0.4, -0.2) is 32.8 Å². The van der Waals surface area contributed by atoms with Gasteiger partial charge in [0.25, 0.3) is 0 Å². The van der Waals surface area contributed by atoms with Gasteiger partial charge in [0.1, 0.15) is 0 Å². The quantitative estimate of drug-likeness (QED) is 0.652. The third-order valence-electron chi connectivity index (χ3n) is 3.73. The van der Waals surface area contributed by atoms with Gasteiger partial charge in [-0.25, -0.2) is 4.79 Å². The molecule has 0 saturated carbocycles. The number of carbonyl (C=O) groups is 1. The third kappa shape index (κ3) is 3.42. The number of nitrogens with one attached hydrogen (secondary N) is 1. The van der Waals surface area contributed by atoms with Gasteiger partial charge in [0, 0.05) is 31.1 Å². The van der Waals surface area contributed by atoms with Crippen LogP contribution in [0.3, 0.4) is 0 Å². The highest BCUT2D eigenvalue weighted by molar-refractivity contribution is 5.97. The van der Waals surface area contributed by atoms with Gasteiger partial charge < -0.3 is 20.5 Å². The molecule has 1 aliphatic rings. The molecule has 2 rings (SSSR count). The van der Waals surface area contributed by atoms with Crippen LogP contribution in [0, 0.1) is 12.8 Å². The van der Waals surface area contributed by atoms with Crippen molar-refractivity contribution in [2.75, 3.05) is 37.9 Å². The zero-order valence-electron chi connectivity index (χ0n) is 12.1. The topological polar surface area (TPSA) is 73.6 Å². The molecule has 0 radical (unpaired) electrons. The summed E-state index contributed by atoms with van der Waals surface area (Å²) in [6, 6.07) is 3.72. The molecule has 0 aromatic heterocycles. The van der Waals surface area contributed by atoms with E-state index in [1.165, 1.54) is 7.11 Å². The highest BCUT2D eigenvalue weighted by Gasteiger charge is 2.16. The molecule has 0 atom stereocenters. The summed E-state index contributed by atoms with van der Waals surface area (Å²) in [5, 5.41) is 3.38. The van der Waals surface area contributed by atoms with Crippen molar-refractivity contribution in [3.05, 3.63) is 23.3 Å². The second-order valence-corrected chi connectivity index (χ2v) is 5.18. The van der Waals surface area contributed by atoms with Crippen molar-refractivity contribution in [2.24, 2.45) is 5.92 Å². The average Bonchev–Trinajstić information content (AvgIpc) is 2.48. The zero-order valence-corrected chi connectivity index (χ0v) is 12.1. The summed E-state index contributed by atoms with van der Waals surface area (Å²) in [5.74, 6) is 0.212. The van der Waals surface area contributed by atoms with Crippen LogP contribution in [0.15, 0.2) is 12.1 Å². The Morgan fingerprint density at radius 3 is 2.80 bits per heavy atom. The molecule has 1 aliphatic heterocycles. The first-order valence-corrected chi connectivity index (χ1v) is 6.92. The SMILES string of the molecule is COC(=O)c1cc(NCC2CCOCC2)cc(C)c1N. The molecule has 1 heterocycles. The largest absolute Gasteiger partial charge is 0.465 e. The highest BCUT2D eigenvalue weighted by Crippen LogP contribution is 2.24. The van der Waals surface area contributed by atoms with E-state index >= 15 is 0 Å². The minimum Gasteiger partial charge on any atom is -0.465 e. The van der Waals surface area contributed by atoms with E-state index in [1.807, 2.05) is 13.0 Å². The lowest BCUT2D eigenvalue weighted by molar-refractivity contribution is 0.0602. The second-order valence-electron chi connectivity index (χ2n) is 5.18. The fourth-order valence-electron chi connectivity index (χ4n) is 2.39. The van der Waals surface area contributed by atoms with Crippen LogP contribution in [0.2, 0.25) is 0 Å². The number of hydrogen-bond acceptors (Lipinski definition) is 5. The van der Waals surface area contributed by atoms with Crippen molar-refractivity contribution in [3.8, 4) is 0 Å². The number of aryl methyl sites for hydroxylation is 1. The predicted octanol–water partition coefficient (Wildman–Crippen LogP) is 2.20. The molecule has 3 N–H and O–H groups in total. The highest BCUT2D eigenvalue weighted by atomic mass is 16.5. The fourth-order valence-corrected chi connectivity index (χ4v) is 2.39. The van der Waals surface area contributed by atoms with E-state index < -0.39 is 5.97 Å². The first kappa shape index (κ1) is 14.7. The van der Waals surface area contributed by atoms with Crippen molar-refractivity contribution in [2.45, 2.75) is 19.8 Å². The standard InChI is InChI=1S/C15H22N2O3/c1-10-7-12(8-13(14(10)16)15(18)19-2)17-9-11-3-5-20-6-4-11/h7-8,11,17H,3-6,9,16H2,1-2H3. The number of ether oxygens (including phenoxy) is 2. The number of carbonyl (C=O) groups excluding carboxylic acids is 1. The summed E-state index contributed by atoms with van der Waals surface area (Å²) in [6.45, 7) is 4.44. The summed E-state index contributed by atoms with van der Waals surface area (Å²) < 4.78 is 10.1. The summed E-state index contributed by atoms with van der Waals surface area (Å²) >= 11 is 0. The van der Waals surface area contributed by atoms with E-state index in [0.717, 1.165) is 43.9 Å². The number of rotatable bonds is 4. The summed E-state index contributed by atoms with van der Waals surface area (Å²) in [5.41, 5.74) is 8.60. The van der Waals surface area contributed by atoms with Gasteiger partial charge in [-0.05, 0) is 43.4 Å². The van der Waals surface area contributed by atoms with Gasteiger partial charge in [0.2, 0.25) is 0 Å². The molecule has 0 aliphatic carbocycles. The van der Waals surface area contributed by atoms with E-state index in [0.29, 0.717) is 17.2 Å². The lowest BCUT2D eigenvalue weighted by Gasteiger charge is -2.23. The van der Waals surface area contributed by atoms with E-state index in [1.54, 1.807) is 6.07 Å². The first-order valence-electron chi connectivity index (χ1n) is 6.92. The first-order chi connectivity index (χ1) is 9.61. The molecule has 1 saturated heterocycles. The Hall–Kier alpha value is -1.75. The Balaban J connectivity index is 2.07. The number of methoxy groups -OCH3 is 1. The minimum absolute atomic E-state index is 0.402. The fraction of sp³-hybridized carbons (Fsp3) is 0.533. The lowest BCUT2D eigenvalue weighted by atomic mass is 10.00. The van der Waals surface area contributed by atoms with Crippen molar-refractivity contribution in [3.63, 3.8) is 0 Å². The summed E-state index contributed by atoms with van der Waals surface area (Å²) in [4.78, 5) is 11.7. The third-order valence-corrected chi connectivity index (χ3v) is 3.73.